The average molecular weight is 265 g/mol. The van der Waals surface area contributed by atoms with Gasteiger partial charge in [-0.2, -0.15) is 0 Å². The molecule has 1 amide bonds. The van der Waals surface area contributed by atoms with E-state index < -0.39 is 17.3 Å². The quantitative estimate of drug-likeness (QED) is 0.819. The number of hydrogen-bond acceptors (Lipinski definition) is 3. The zero-order valence-corrected chi connectivity index (χ0v) is 11.4. The van der Waals surface area contributed by atoms with Gasteiger partial charge in [-0.25, -0.2) is 0 Å². The number of carbonyl (C=O) groups excluding carboxylic acids is 1. The molecule has 1 aliphatic carbocycles. The Bertz CT molecular complexity index is 514. The fraction of sp³-hybridized carbons (Fsp3) is 0.571. The number of rotatable bonds is 4. The summed E-state index contributed by atoms with van der Waals surface area (Å²) in [5, 5.41) is 12.0. The summed E-state index contributed by atoms with van der Waals surface area (Å²) in [6.45, 7) is 5.51. The zero-order chi connectivity index (χ0) is 14.2. The predicted molar refractivity (Wildman–Crippen MR) is 68.7 cm³/mol. The van der Waals surface area contributed by atoms with Crippen LogP contribution in [0.2, 0.25) is 0 Å². The molecular formula is C14H19NO4. The van der Waals surface area contributed by atoms with Gasteiger partial charge in [-0.3, -0.25) is 9.59 Å². The van der Waals surface area contributed by atoms with Crippen LogP contribution in [0.25, 0.3) is 0 Å². The summed E-state index contributed by atoms with van der Waals surface area (Å²) in [5.41, 5.74) is -0.327. The lowest BCUT2D eigenvalue weighted by Gasteiger charge is -2.36. The summed E-state index contributed by atoms with van der Waals surface area (Å²) in [6.07, 6.45) is 1.63. The highest BCUT2D eigenvalue weighted by molar-refractivity contribution is 6.02. The third-order valence-electron chi connectivity index (χ3n) is 3.94. The van der Waals surface area contributed by atoms with E-state index in [2.05, 4.69) is 5.32 Å². The Morgan fingerprint density at radius 1 is 1.42 bits per heavy atom. The highest BCUT2D eigenvalue weighted by atomic mass is 16.4. The third kappa shape index (κ3) is 2.25. The van der Waals surface area contributed by atoms with Crippen molar-refractivity contribution in [3.63, 3.8) is 0 Å². The molecule has 1 fully saturated rings. The van der Waals surface area contributed by atoms with Gasteiger partial charge < -0.3 is 14.8 Å². The number of aryl methyl sites for hydroxylation is 2. The average Bonchev–Trinajstić information content (AvgIpc) is 2.55. The van der Waals surface area contributed by atoms with E-state index in [-0.39, 0.29) is 6.04 Å². The van der Waals surface area contributed by atoms with Gasteiger partial charge in [0.1, 0.15) is 16.9 Å². The molecule has 5 nitrogen and oxygen atoms in total. The summed E-state index contributed by atoms with van der Waals surface area (Å²) in [5.74, 6) is 0.119. The molecule has 1 heterocycles. The highest BCUT2D eigenvalue weighted by Gasteiger charge is 2.51. The number of carbonyl (C=O) groups is 2. The first kappa shape index (κ1) is 13.6. The number of aliphatic carboxylic acids is 1. The molecule has 1 unspecified atom stereocenters. The largest absolute Gasteiger partial charge is 0.480 e. The van der Waals surface area contributed by atoms with E-state index in [9.17, 15) is 14.7 Å². The van der Waals surface area contributed by atoms with E-state index in [0.29, 0.717) is 12.8 Å². The third-order valence-corrected chi connectivity index (χ3v) is 3.94. The van der Waals surface area contributed by atoms with Crippen molar-refractivity contribution in [3.8, 4) is 0 Å². The maximum absolute atomic E-state index is 12.2. The van der Waals surface area contributed by atoms with Gasteiger partial charge in [0.25, 0.3) is 0 Å². The maximum Gasteiger partial charge on any atom is 0.319 e. The van der Waals surface area contributed by atoms with Gasteiger partial charge >= 0.3 is 5.97 Å². The molecule has 0 radical (unpaired) electrons. The Labute approximate surface area is 112 Å². The molecule has 1 saturated carbocycles. The van der Waals surface area contributed by atoms with Crippen LogP contribution in [0.1, 0.15) is 49.3 Å². The molecule has 2 N–H and O–H groups in total. The Morgan fingerprint density at radius 2 is 2.05 bits per heavy atom. The van der Waals surface area contributed by atoms with Crippen LogP contribution < -0.4 is 5.32 Å². The van der Waals surface area contributed by atoms with Crippen molar-refractivity contribution in [2.75, 3.05) is 0 Å². The first-order valence-corrected chi connectivity index (χ1v) is 6.48. The van der Waals surface area contributed by atoms with Crippen LogP contribution in [0, 0.1) is 19.3 Å². The molecule has 19 heavy (non-hydrogen) atoms. The molecule has 0 bridgehead atoms. The summed E-state index contributed by atoms with van der Waals surface area (Å²) in [4.78, 5) is 23.4. The zero-order valence-electron chi connectivity index (χ0n) is 11.4. The van der Waals surface area contributed by atoms with Crippen LogP contribution in [-0.4, -0.2) is 17.0 Å². The van der Waals surface area contributed by atoms with Crippen molar-refractivity contribution in [2.24, 2.45) is 5.41 Å². The predicted octanol–water partition coefficient (Wildman–Crippen LogP) is 2.33. The van der Waals surface area contributed by atoms with Crippen LogP contribution in [-0.2, 0) is 9.59 Å². The van der Waals surface area contributed by atoms with Gasteiger partial charge in [0.15, 0.2) is 0 Å². The van der Waals surface area contributed by atoms with E-state index in [0.717, 1.165) is 23.5 Å². The van der Waals surface area contributed by atoms with E-state index in [1.165, 1.54) is 0 Å². The highest BCUT2D eigenvalue weighted by Crippen LogP contribution is 2.42. The van der Waals surface area contributed by atoms with Gasteiger partial charge in [0, 0.05) is 5.56 Å². The smallest absolute Gasteiger partial charge is 0.319 e. The Balaban J connectivity index is 2.11. The van der Waals surface area contributed by atoms with E-state index in [4.69, 9.17) is 4.42 Å². The van der Waals surface area contributed by atoms with Gasteiger partial charge in [0.05, 0.1) is 6.04 Å². The van der Waals surface area contributed by atoms with E-state index in [1.54, 1.807) is 0 Å². The van der Waals surface area contributed by atoms with Crippen molar-refractivity contribution >= 4 is 11.9 Å². The molecule has 1 aliphatic rings. The van der Waals surface area contributed by atoms with Crippen LogP contribution in [0.4, 0.5) is 0 Å². The number of hydrogen-bond donors (Lipinski definition) is 2. The summed E-state index contributed by atoms with van der Waals surface area (Å²) in [7, 11) is 0. The Hall–Kier alpha value is -1.78. The molecule has 1 aromatic rings. The topological polar surface area (TPSA) is 79.5 Å². The number of nitrogens with one attached hydrogen (secondary N) is 1. The molecule has 1 aromatic heterocycles. The summed E-state index contributed by atoms with van der Waals surface area (Å²) >= 11 is 0. The molecule has 0 aromatic carbocycles. The second-order valence-corrected chi connectivity index (χ2v) is 5.30. The van der Waals surface area contributed by atoms with Crippen LogP contribution in [0.3, 0.4) is 0 Å². The first-order valence-electron chi connectivity index (χ1n) is 6.48. The first-order chi connectivity index (χ1) is 8.86. The second-order valence-electron chi connectivity index (χ2n) is 5.30. The minimum absolute atomic E-state index is 0.248. The van der Waals surface area contributed by atoms with Crippen LogP contribution in [0.15, 0.2) is 10.5 Å². The van der Waals surface area contributed by atoms with Gasteiger partial charge in [-0.1, -0.05) is 6.42 Å². The normalized spacial score (nSPS) is 18.5. The SMILES string of the molecule is Cc1cc(C(C)NC(=O)C2(C(=O)O)CCC2)c(C)o1. The molecule has 0 saturated heterocycles. The number of carboxylic acid groups (broad SMARTS) is 1. The molecule has 1 atom stereocenters. The van der Waals surface area contributed by atoms with Crippen LogP contribution >= 0.6 is 0 Å². The fourth-order valence-corrected chi connectivity index (χ4v) is 2.56. The van der Waals surface area contributed by atoms with E-state index >= 15 is 0 Å². The minimum Gasteiger partial charge on any atom is -0.480 e. The lowest BCUT2D eigenvalue weighted by Crippen LogP contribution is -2.51. The molecule has 0 spiro atoms. The number of furan rings is 1. The van der Waals surface area contributed by atoms with E-state index in [1.807, 2.05) is 26.8 Å². The Kier molecular flexibility index (Phi) is 3.39. The van der Waals surface area contributed by atoms with Crippen molar-refractivity contribution in [2.45, 2.75) is 46.1 Å². The van der Waals surface area contributed by atoms with Gasteiger partial charge in [0.2, 0.25) is 5.91 Å². The minimum atomic E-state index is -1.22. The van der Waals surface area contributed by atoms with Gasteiger partial charge in [-0.15, -0.1) is 0 Å². The lowest BCUT2D eigenvalue weighted by atomic mass is 9.68. The van der Waals surface area contributed by atoms with Gasteiger partial charge in [-0.05, 0) is 39.7 Å². The Morgan fingerprint density at radius 3 is 2.42 bits per heavy atom. The summed E-state index contributed by atoms with van der Waals surface area (Å²) < 4.78 is 5.42. The van der Waals surface area contributed by atoms with Crippen LogP contribution in [0.5, 0.6) is 0 Å². The van der Waals surface area contributed by atoms with Crippen molar-refractivity contribution in [3.05, 3.63) is 23.2 Å². The van der Waals surface area contributed by atoms with Crippen molar-refractivity contribution < 1.29 is 19.1 Å². The monoisotopic (exact) mass is 265 g/mol. The molecule has 2 rings (SSSR count). The van der Waals surface area contributed by atoms with Crippen molar-refractivity contribution in [1.82, 2.24) is 5.32 Å². The standard InChI is InChI=1S/C14H19NO4/c1-8-7-11(10(3)19-8)9(2)15-12(16)14(13(17)18)5-4-6-14/h7,9H,4-6H2,1-3H3,(H,15,16)(H,17,18). The fourth-order valence-electron chi connectivity index (χ4n) is 2.56. The van der Waals surface area contributed by atoms with Crippen molar-refractivity contribution in [1.29, 1.82) is 0 Å². The molecule has 5 heteroatoms. The molecule has 104 valence electrons. The summed E-state index contributed by atoms with van der Waals surface area (Å²) in [6, 6.07) is 1.62. The lowest BCUT2D eigenvalue weighted by molar-refractivity contribution is -0.162. The molecular weight excluding hydrogens is 246 g/mol. The maximum atomic E-state index is 12.2. The molecule has 0 aliphatic heterocycles. The number of amides is 1. The number of carboxylic acids is 1. The second kappa shape index (κ2) is 4.72.